The van der Waals surface area contributed by atoms with E-state index in [2.05, 4.69) is 5.32 Å². The van der Waals surface area contributed by atoms with Gasteiger partial charge in [-0.2, -0.15) is 0 Å². The molecule has 4 nitrogen and oxygen atoms in total. The number of benzene rings is 1. The highest BCUT2D eigenvalue weighted by Crippen LogP contribution is 2.05. The third-order valence-electron chi connectivity index (χ3n) is 2.15. The molecular weight excluding hydrogens is 236 g/mol. The Morgan fingerprint density at radius 2 is 2.18 bits per heavy atom. The van der Waals surface area contributed by atoms with Crippen LogP contribution in [0.15, 0.2) is 24.3 Å². The highest BCUT2D eigenvalue weighted by molar-refractivity contribution is 7.80. The summed E-state index contributed by atoms with van der Waals surface area (Å²) in [5, 5.41) is 2.75. The van der Waals surface area contributed by atoms with Gasteiger partial charge in [0.25, 0.3) is 5.91 Å². The van der Waals surface area contributed by atoms with Gasteiger partial charge in [0.15, 0.2) is 0 Å². The third kappa shape index (κ3) is 4.50. The van der Waals surface area contributed by atoms with Gasteiger partial charge >= 0.3 is 0 Å². The molecule has 0 aliphatic rings. The van der Waals surface area contributed by atoms with Gasteiger partial charge in [0.2, 0.25) is 0 Å². The first-order valence-electron chi connectivity index (χ1n) is 5.41. The van der Waals surface area contributed by atoms with Gasteiger partial charge in [0.05, 0.1) is 6.61 Å². The fraction of sp³-hybridized carbons (Fsp3) is 0.333. The quantitative estimate of drug-likeness (QED) is 0.587. The smallest absolute Gasteiger partial charge is 0.251 e. The Kier molecular flexibility index (Phi) is 5.59. The molecule has 92 valence electrons. The van der Waals surface area contributed by atoms with Crippen molar-refractivity contribution in [2.45, 2.75) is 6.92 Å². The van der Waals surface area contributed by atoms with Gasteiger partial charge < -0.3 is 15.8 Å². The average molecular weight is 252 g/mol. The van der Waals surface area contributed by atoms with Crippen LogP contribution in [0.4, 0.5) is 0 Å². The summed E-state index contributed by atoms with van der Waals surface area (Å²) < 4.78 is 5.13. The molecule has 0 aliphatic carbocycles. The van der Waals surface area contributed by atoms with E-state index in [1.165, 1.54) is 0 Å². The highest BCUT2D eigenvalue weighted by atomic mass is 32.1. The molecule has 0 heterocycles. The van der Waals surface area contributed by atoms with Gasteiger partial charge in [0, 0.05) is 24.3 Å². The minimum Gasteiger partial charge on any atom is -0.389 e. The molecule has 1 rings (SSSR count). The summed E-state index contributed by atoms with van der Waals surface area (Å²) in [4.78, 5) is 12.0. The Bertz CT molecular complexity index is 407. The number of thiocarbonyl (C=S) groups is 1. The van der Waals surface area contributed by atoms with Crippen LogP contribution in [0.3, 0.4) is 0 Å². The van der Waals surface area contributed by atoms with E-state index in [4.69, 9.17) is 22.7 Å². The summed E-state index contributed by atoms with van der Waals surface area (Å²) in [6.45, 7) is 3.56. The maximum Gasteiger partial charge on any atom is 0.251 e. The Hall–Kier alpha value is -1.46. The van der Waals surface area contributed by atoms with Crippen LogP contribution in [-0.2, 0) is 4.74 Å². The maximum absolute atomic E-state index is 11.7. The molecule has 0 unspecified atom stereocenters. The van der Waals surface area contributed by atoms with Gasteiger partial charge in [-0.15, -0.1) is 0 Å². The lowest BCUT2D eigenvalue weighted by Gasteiger charge is -2.06. The Morgan fingerprint density at radius 3 is 2.82 bits per heavy atom. The van der Waals surface area contributed by atoms with Crippen LogP contribution < -0.4 is 11.1 Å². The van der Waals surface area contributed by atoms with E-state index in [1.807, 2.05) is 6.92 Å². The van der Waals surface area contributed by atoms with Crippen molar-refractivity contribution in [1.29, 1.82) is 0 Å². The van der Waals surface area contributed by atoms with E-state index in [0.29, 0.717) is 30.9 Å². The summed E-state index contributed by atoms with van der Waals surface area (Å²) in [5.74, 6) is -0.150. The summed E-state index contributed by atoms with van der Waals surface area (Å²) in [6, 6.07) is 6.93. The van der Waals surface area contributed by atoms with E-state index in [9.17, 15) is 4.79 Å². The molecule has 0 atom stereocenters. The molecule has 0 spiro atoms. The molecule has 1 aromatic carbocycles. The molecule has 0 radical (unpaired) electrons. The fourth-order valence-electron chi connectivity index (χ4n) is 1.30. The lowest BCUT2D eigenvalue weighted by molar-refractivity contribution is 0.0922. The van der Waals surface area contributed by atoms with Gasteiger partial charge in [-0.1, -0.05) is 24.4 Å². The highest BCUT2D eigenvalue weighted by Gasteiger charge is 2.06. The molecule has 0 bridgehead atoms. The molecule has 0 aliphatic heterocycles. The van der Waals surface area contributed by atoms with Crippen LogP contribution in [0.5, 0.6) is 0 Å². The first-order valence-corrected chi connectivity index (χ1v) is 5.81. The number of carbonyl (C=O) groups is 1. The second-order valence-corrected chi connectivity index (χ2v) is 3.84. The van der Waals surface area contributed by atoms with Gasteiger partial charge in [-0.05, 0) is 19.1 Å². The van der Waals surface area contributed by atoms with Crippen LogP contribution in [0.25, 0.3) is 0 Å². The molecule has 0 aromatic heterocycles. The predicted molar refractivity (Wildman–Crippen MR) is 71.2 cm³/mol. The number of rotatable bonds is 6. The number of carbonyl (C=O) groups excluding carboxylic acids is 1. The van der Waals surface area contributed by atoms with E-state index >= 15 is 0 Å². The summed E-state index contributed by atoms with van der Waals surface area (Å²) in [6.07, 6.45) is 0. The second kappa shape index (κ2) is 6.98. The zero-order chi connectivity index (χ0) is 12.7. The van der Waals surface area contributed by atoms with Crippen LogP contribution in [0, 0.1) is 0 Å². The van der Waals surface area contributed by atoms with Crippen molar-refractivity contribution in [3.8, 4) is 0 Å². The zero-order valence-corrected chi connectivity index (χ0v) is 10.5. The van der Waals surface area contributed by atoms with Crippen molar-refractivity contribution in [1.82, 2.24) is 5.32 Å². The van der Waals surface area contributed by atoms with Crippen LogP contribution in [0.1, 0.15) is 22.8 Å². The topological polar surface area (TPSA) is 64.3 Å². The Labute approximate surface area is 106 Å². The maximum atomic E-state index is 11.7. The van der Waals surface area contributed by atoms with Crippen molar-refractivity contribution >= 4 is 23.1 Å². The van der Waals surface area contributed by atoms with E-state index in [1.54, 1.807) is 24.3 Å². The molecule has 1 aromatic rings. The van der Waals surface area contributed by atoms with Crippen molar-refractivity contribution in [3.63, 3.8) is 0 Å². The predicted octanol–water partition coefficient (Wildman–Crippen LogP) is 1.09. The van der Waals surface area contributed by atoms with Crippen molar-refractivity contribution < 1.29 is 9.53 Å². The minimum absolute atomic E-state index is 0.150. The second-order valence-electron chi connectivity index (χ2n) is 3.40. The Balaban J connectivity index is 2.56. The zero-order valence-electron chi connectivity index (χ0n) is 9.73. The lowest BCUT2D eigenvalue weighted by atomic mass is 10.1. The summed E-state index contributed by atoms with van der Waals surface area (Å²) in [5.41, 5.74) is 6.74. The largest absolute Gasteiger partial charge is 0.389 e. The normalized spacial score (nSPS) is 9.94. The van der Waals surface area contributed by atoms with Gasteiger partial charge in [-0.25, -0.2) is 0 Å². The molecule has 1 amide bonds. The number of nitrogens with one attached hydrogen (secondary N) is 1. The summed E-state index contributed by atoms with van der Waals surface area (Å²) in [7, 11) is 0. The molecular formula is C12H16N2O2S. The minimum atomic E-state index is -0.150. The average Bonchev–Trinajstić information content (AvgIpc) is 2.34. The fourth-order valence-corrected chi connectivity index (χ4v) is 1.42. The number of amides is 1. The first-order chi connectivity index (χ1) is 8.15. The van der Waals surface area contributed by atoms with Crippen molar-refractivity contribution in [2.75, 3.05) is 19.8 Å². The van der Waals surface area contributed by atoms with Crippen LogP contribution >= 0.6 is 12.2 Å². The van der Waals surface area contributed by atoms with Gasteiger partial charge in [0.1, 0.15) is 4.99 Å². The van der Waals surface area contributed by atoms with Crippen molar-refractivity contribution in [2.24, 2.45) is 5.73 Å². The third-order valence-corrected chi connectivity index (χ3v) is 2.38. The standard InChI is InChI=1S/C12H16N2O2S/c1-2-16-7-6-14-12(15)10-5-3-4-9(8-10)11(13)17/h3-5,8H,2,6-7H2,1H3,(H2,13,17)(H,14,15). The van der Waals surface area contributed by atoms with Crippen molar-refractivity contribution in [3.05, 3.63) is 35.4 Å². The number of hydrogen-bond acceptors (Lipinski definition) is 3. The monoisotopic (exact) mass is 252 g/mol. The molecule has 17 heavy (non-hydrogen) atoms. The van der Waals surface area contributed by atoms with E-state index in [0.717, 1.165) is 0 Å². The molecule has 5 heteroatoms. The number of nitrogens with two attached hydrogens (primary N) is 1. The Morgan fingerprint density at radius 1 is 1.47 bits per heavy atom. The summed E-state index contributed by atoms with van der Waals surface area (Å²) >= 11 is 4.86. The number of hydrogen-bond donors (Lipinski definition) is 2. The van der Waals surface area contributed by atoms with E-state index < -0.39 is 0 Å². The van der Waals surface area contributed by atoms with Crippen LogP contribution in [-0.4, -0.2) is 30.7 Å². The molecule has 0 saturated heterocycles. The van der Waals surface area contributed by atoms with Gasteiger partial charge in [-0.3, -0.25) is 4.79 Å². The molecule has 3 N–H and O–H groups in total. The first kappa shape index (κ1) is 13.6. The van der Waals surface area contributed by atoms with E-state index in [-0.39, 0.29) is 10.9 Å². The molecule has 0 fully saturated rings. The SMILES string of the molecule is CCOCCNC(=O)c1cccc(C(N)=S)c1. The molecule has 0 saturated carbocycles. The lowest BCUT2D eigenvalue weighted by Crippen LogP contribution is -2.27. The van der Waals surface area contributed by atoms with Crippen LogP contribution in [0.2, 0.25) is 0 Å². The number of ether oxygens (including phenoxy) is 1.